The van der Waals surface area contributed by atoms with E-state index in [-0.39, 0.29) is 18.5 Å². The molecule has 0 spiro atoms. The molecule has 108 valence electrons. The van der Waals surface area contributed by atoms with Crippen LogP contribution in [-0.2, 0) is 4.79 Å². The molecule has 0 unspecified atom stereocenters. The van der Waals surface area contributed by atoms with E-state index in [1.807, 2.05) is 0 Å². The van der Waals surface area contributed by atoms with Gasteiger partial charge in [-0.25, -0.2) is 10.6 Å². The molecule has 1 aromatic carbocycles. The first-order chi connectivity index (χ1) is 9.60. The van der Waals surface area contributed by atoms with E-state index >= 15 is 0 Å². The third-order valence-electron chi connectivity index (χ3n) is 3.05. The Kier molecular flexibility index (Phi) is 4.41. The van der Waals surface area contributed by atoms with Crippen LogP contribution in [0.4, 0.5) is 10.5 Å². The molecule has 1 aliphatic rings. The van der Waals surface area contributed by atoms with Crippen LogP contribution in [-0.4, -0.2) is 48.6 Å². The number of amides is 3. The van der Waals surface area contributed by atoms with E-state index in [1.54, 1.807) is 31.4 Å². The van der Waals surface area contributed by atoms with E-state index in [9.17, 15) is 9.59 Å². The number of nitrogens with two attached hydrogens (primary N) is 1. The number of carbonyl (C=O) groups excluding carboxylic acids is 2. The van der Waals surface area contributed by atoms with Crippen LogP contribution in [0.15, 0.2) is 24.3 Å². The number of nitrogens with one attached hydrogen (secondary N) is 1. The van der Waals surface area contributed by atoms with Crippen molar-refractivity contribution in [2.24, 2.45) is 5.84 Å². The van der Waals surface area contributed by atoms with Crippen molar-refractivity contribution in [1.29, 1.82) is 0 Å². The summed E-state index contributed by atoms with van der Waals surface area (Å²) in [7, 11) is 1.58. The quantitative estimate of drug-likeness (QED) is 0.625. The molecular formula is C13H18N4O3. The summed E-state index contributed by atoms with van der Waals surface area (Å²) in [6, 6.07) is 6.67. The molecule has 3 amide bonds. The number of ether oxygens (including phenoxy) is 1. The predicted octanol–water partition coefficient (Wildman–Crippen LogP) is 0.635. The summed E-state index contributed by atoms with van der Waals surface area (Å²) in [5.74, 6) is 5.99. The minimum Gasteiger partial charge on any atom is -0.497 e. The van der Waals surface area contributed by atoms with Gasteiger partial charge in [-0.15, -0.1) is 0 Å². The van der Waals surface area contributed by atoms with Crippen molar-refractivity contribution >= 4 is 17.6 Å². The molecule has 1 aromatic rings. The number of urea groups is 1. The van der Waals surface area contributed by atoms with Crippen molar-refractivity contribution in [1.82, 2.24) is 9.91 Å². The first-order valence-corrected chi connectivity index (χ1v) is 6.35. The van der Waals surface area contributed by atoms with Crippen molar-refractivity contribution in [3.05, 3.63) is 24.3 Å². The largest absolute Gasteiger partial charge is 0.497 e. The fourth-order valence-electron chi connectivity index (χ4n) is 2.00. The van der Waals surface area contributed by atoms with Gasteiger partial charge in [0, 0.05) is 18.8 Å². The zero-order chi connectivity index (χ0) is 14.5. The topological polar surface area (TPSA) is 87.9 Å². The molecule has 1 aliphatic heterocycles. The van der Waals surface area contributed by atoms with Crippen LogP contribution >= 0.6 is 0 Å². The Hall–Kier alpha value is -2.28. The third kappa shape index (κ3) is 3.39. The molecule has 2 rings (SSSR count). The second-order valence-electron chi connectivity index (χ2n) is 4.53. The van der Waals surface area contributed by atoms with Gasteiger partial charge in [0.1, 0.15) is 12.3 Å². The Morgan fingerprint density at radius 2 is 2.05 bits per heavy atom. The molecule has 1 fully saturated rings. The van der Waals surface area contributed by atoms with E-state index < -0.39 is 0 Å². The normalized spacial score (nSPS) is 15.2. The Morgan fingerprint density at radius 1 is 1.35 bits per heavy atom. The molecule has 20 heavy (non-hydrogen) atoms. The van der Waals surface area contributed by atoms with Crippen molar-refractivity contribution in [2.45, 2.75) is 6.42 Å². The van der Waals surface area contributed by atoms with Gasteiger partial charge in [-0.05, 0) is 30.7 Å². The smallest absolute Gasteiger partial charge is 0.334 e. The number of anilines is 1. The third-order valence-corrected chi connectivity index (χ3v) is 3.05. The van der Waals surface area contributed by atoms with Crippen molar-refractivity contribution in [3.8, 4) is 5.75 Å². The minimum absolute atomic E-state index is 0.00143. The zero-order valence-electron chi connectivity index (χ0n) is 11.3. The van der Waals surface area contributed by atoms with Gasteiger partial charge in [-0.2, -0.15) is 0 Å². The van der Waals surface area contributed by atoms with Crippen LogP contribution in [0.3, 0.4) is 0 Å². The second-order valence-corrected chi connectivity index (χ2v) is 4.53. The standard InChI is InChI=1S/C13H18N4O3/c1-20-11-5-3-10(4-6-11)15-12(18)9-16-7-2-8-17(14)13(16)19/h3-6H,2,7-9,14H2,1H3,(H,15,18). The molecule has 0 atom stereocenters. The monoisotopic (exact) mass is 278 g/mol. The number of hydrazine groups is 1. The van der Waals surface area contributed by atoms with Gasteiger partial charge in [0.25, 0.3) is 0 Å². The predicted molar refractivity (Wildman–Crippen MR) is 74.1 cm³/mol. The molecule has 0 aliphatic carbocycles. The van der Waals surface area contributed by atoms with E-state index in [0.29, 0.717) is 24.5 Å². The van der Waals surface area contributed by atoms with Gasteiger partial charge in [-0.1, -0.05) is 0 Å². The van der Waals surface area contributed by atoms with E-state index in [4.69, 9.17) is 10.6 Å². The van der Waals surface area contributed by atoms with Crippen LogP contribution in [0.1, 0.15) is 6.42 Å². The molecule has 1 heterocycles. The highest BCUT2D eigenvalue weighted by molar-refractivity contribution is 5.94. The number of hydrogen-bond acceptors (Lipinski definition) is 4. The van der Waals surface area contributed by atoms with Gasteiger partial charge in [0.2, 0.25) is 5.91 Å². The molecule has 0 bridgehead atoms. The number of rotatable bonds is 4. The number of hydrogen-bond donors (Lipinski definition) is 2. The fourth-order valence-corrected chi connectivity index (χ4v) is 2.00. The maximum atomic E-state index is 11.9. The number of nitrogens with zero attached hydrogens (tertiary/aromatic N) is 2. The van der Waals surface area contributed by atoms with Gasteiger partial charge < -0.3 is 15.0 Å². The van der Waals surface area contributed by atoms with Gasteiger partial charge in [0.05, 0.1) is 7.11 Å². The lowest BCUT2D eigenvalue weighted by atomic mass is 10.3. The van der Waals surface area contributed by atoms with Gasteiger partial charge in [-0.3, -0.25) is 9.80 Å². The molecule has 7 heteroatoms. The Labute approximate surface area is 117 Å². The minimum atomic E-state index is -0.318. The van der Waals surface area contributed by atoms with Crippen LogP contribution < -0.4 is 15.9 Å². The Morgan fingerprint density at radius 3 is 2.70 bits per heavy atom. The van der Waals surface area contributed by atoms with Crippen molar-refractivity contribution in [3.63, 3.8) is 0 Å². The highest BCUT2D eigenvalue weighted by Gasteiger charge is 2.24. The summed E-state index contributed by atoms with van der Waals surface area (Å²) in [5, 5.41) is 3.86. The van der Waals surface area contributed by atoms with E-state index in [0.717, 1.165) is 11.4 Å². The molecular weight excluding hydrogens is 260 g/mol. The molecule has 0 radical (unpaired) electrons. The zero-order valence-corrected chi connectivity index (χ0v) is 11.3. The summed E-state index contributed by atoms with van der Waals surface area (Å²) in [5.41, 5.74) is 0.657. The molecule has 7 nitrogen and oxygen atoms in total. The summed E-state index contributed by atoms with van der Waals surface area (Å²) >= 11 is 0. The van der Waals surface area contributed by atoms with E-state index in [2.05, 4.69) is 5.32 Å². The first-order valence-electron chi connectivity index (χ1n) is 6.35. The SMILES string of the molecule is COc1ccc(NC(=O)CN2CCCN(N)C2=O)cc1. The average molecular weight is 278 g/mol. The molecule has 1 saturated heterocycles. The average Bonchev–Trinajstić information content (AvgIpc) is 2.45. The van der Waals surface area contributed by atoms with Crippen LogP contribution in [0.25, 0.3) is 0 Å². The highest BCUT2D eigenvalue weighted by Crippen LogP contribution is 2.15. The number of benzene rings is 1. The van der Waals surface area contributed by atoms with Crippen LogP contribution in [0, 0.1) is 0 Å². The number of carbonyl (C=O) groups is 2. The maximum absolute atomic E-state index is 11.9. The van der Waals surface area contributed by atoms with Gasteiger partial charge in [0.15, 0.2) is 0 Å². The number of methoxy groups -OCH3 is 1. The summed E-state index contributed by atoms with van der Waals surface area (Å²) in [4.78, 5) is 25.1. The molecule has 0 aromatic heterocycles. The lowest BCUT2D eigenvalue weighted by Gasteiger charge is -2.32. The Balaban J connectivity index is 1.89. The summed E-state index contributed by atoms with van der Waals surface area (Å²) in [6.07, 6.45) is 0.762. The fraction of sp³-hybridized carbons (Fsp3) is 0.385. The Bertz CT molecular complexity index is 489. The maximum Gasteiger partial charge on any atom is 0.334 e. The molecule has 0 saturated carbocycles. The van der Waals surface area contributed by atoms with Crippen molar-refractivity contribution in [2.75, 3.05) is 32.1 Å². The molecule has 3 N–H and O–H groups in total. The van der Waals surface area contributed by atoms with E-state index in [1.165, 1.54) is 4.90 Å². The van der Waals surface area contributed by atoms with Crippen LogP contribution in [0.2, 0.25) is 0 Å². The van der Waals surface area contributed by atoms with Crippen LogP contribution in [0.5, 0.6) is 5.75 Å². The highest BCUT2D eigenvalue weighted by atomic mass is 16.5. The van der Waals surface area contributed by atoms with Gasteiger partial charge >= 0.3 is 6.03 Å². The van der Waals surface area contributed by atoms with Crippen molar-refractivity contribution < 1.29 is 14.3 Å². The first kappa shape index (κ1) is 14.1. The summed E-state index contributed by atoms with van der Waals surface area (Å²) in [6.45, 7) is 1.07. The summed E-state index contributed by atoms with van der Waals surface area (Å²) < 4.78 is 5.04. The second kappa shape index (κ2) is 6.25. The lowest BCUT2D eigenvalue weighted by molar-refractivity contribution is -0.117. The lowest BCUT2D eigenvalue weighted by Crippen LogP contribution is -2.54.